The van der Waals surface area contributed by atoms with Gasteiger partial charge in [-0.05, 0) is 80.9 Å². The topological polar surface area (TPSA) is 66.3 Å². The summed E-state index contributed by atoms with van der Waals surface area (Å²) in [5.74, 6) is 3.46. The predicted molar refractivity (Wildman–Crippen MR) is 156 cm³/mol. The second-order valence-electron chi connectivity index (χ2n) is 11.2. The van der Waals surface area contributed by atoms with Gasteiger partial charge in [0.1, 0.15) is 16.4 Å². The summed E-state index contributed by atoms with van der Waals surface area (Å²) < 4.78 is 11.4. The summed E-state index contributed by atoms with van der Waals surface area (Å²) in [6.07, 6.45) is 6.79. The van der Waals surface area contributed by atoms with Crippen LogP contribution in [0.5, 0.6) is 0 Å². The third-order valence-electron chi connectivity index (χ3n) is 8.55. The molecule has 0 amide bonds. The Kier molecular flexibility index (Phi) is 10.5. The van der Waals surface area contributed by atoms with Crippen molar-refractivity contribution in [3.63, 3.8) is 0 Å². The molecule has 6 nitrogen and oxygen atoms in total. The second-order valence-corrected chi connectivity index (χ2v) is 13.1. The van der Waals surface area contributed by atoms with Crippen molar-refractivity contribution < 1.29 is 9.53 Å². The molecular formula is C29H45IN4O2. The number of amidine groups is 1. The van der Waals surface area contributed by atoms with Crippen LogP contribution in [0.15, 0.2) is 26.3 Å². The van der Waals surface area contributed by atoms with Crippen LogP contribution in [-0.2, 0) is 16.1 Å². The molecule has 200 valence electrons. The van der Waals surface area contributed by atoms with E-state index in [0.29, 0.717) is 30.3 Å². The minimum atomic E-state index is -0.138. The van der Waals surface area contributed by atoms with E-state index in [4.69, 9.17) is 7.88 Å². The van der Waals surface area contributed by atoms with Crippen LogP contribution in [0.25, 0.3) is 0 Å². The average Bonchev–Trinajstić information content (AvgIpc) is 3.39. The van der Waals surface area contributed by atoms with Crippen molar-refractivity contribution in [1.29, 1.82) is 0 Å². The zero-order chi connectivity index (χ0) is 25.5. The Hall–Kier alpha value is -1.19. The maximum absolute atomic E-state index is 12.8. The van der Waals surface area contributed by atoms with E-state index in [0.717, 1.165) is 55.8 Å². The molecule has 1 saturated heterocycles. The molecular weight excluding hydrogens is 563 g/mol. The molecule has 36 heavy (non-hydrogen) atoms. The van der Waals surface area contributed by atoms with Crippen LogP contribution in [0.2, 0.25) is 0 Å². The highest BCUT2D eigenvalue weighted by Crippen LogP contribution is 2.39. The van der Waals surface area contributed by atoms with Crippen LogP contribution in [0.3, 0.4) is 0 Å². The number of alkyl halides is 1. The first-order valence-electron chi connectivity index (χ1n) is 14.0. The molecule has 0 radical (unpaired) electrons. The summed E-state index contributed by atoms with van der Waals surface area (Å²) in [5, 5.41) is 3.52. The fourth-order valence-electron chi connectivity index (χ4n) is 6.09. The number of rotatable bonds is 11. The third-order valence-corrected chi connectivity index (χ3v) is 10.1. The SMILES string of the molecule is CCC(CC)COC(=O)[C@@H]1C[C@H]2C[C@@H](CN(CC3=NCI=N3)Cc3cc(C)ccc3C)CC[C@H]2CN1. The summed E-state index contributed by atoms with van der Waals surface area (Å²) in [5.41, 5.74) is 4.10. The molecule has 4 atom stereocenters. The van der Waals surface area contributed by atoms with Gasteiger partial charge in [0, 0.05) is 34.1 Å². The van der Waals surface area contributed by atoms with Gasteiger partial charge in [0.2, 0.25) is 0 Å². The van der Waals surface area contributed by atoms with E-state index in [1.807, 2.05) is 0 Å². The molecule has 2 aliphatic heterocycles. The predicted octanol–water partition coefficient (Wildman–Crippen LogP) is 6.00. The number of aryl methyl sites for hydroxylation is 2. The van der Waals surface area contributed by atoms with Crippen molar-refractivity contribution in [2.75, 3.05) is 30.8 Å². The van der Waals surface area contributed by atoms with Crippen LogP contribution in [-0.4, -0.2) is 53.5 Å². The van der Waals surface area contributed by atoms with Crippen LogP contribution < -0.4 is 5.32 Å². The van der Waals surface area contributed by atoms with Crippen LogP contribution in [0, 0.1) is 37.5 Å². The number of aliphatic imine (C=N–C) groups is 1. The number of hydrogen-bond donors (Lipinski definition) is 1. The molecule has 0 aromatic heterocycles. The molecule has 2 heterocycles. The van der Waals surface area contributed by atoms with Gasteiger partial charge in [-0.25, -0.2) is 3.15 Å². The summed E-state index contributed by atoms with van der Waals surface area (Å²) in [6, 6.07) is 6.65. The number of carbonyl (C=O) groups excluding carboxylic acids is 1. The number of benzene rings is 1. The lowest BCUT2D eigenvalue weighted by molar-refractivity contribution is -0.149. The number of ether oxygens (including phenoxy) is 1. The summed E-state index contributed by atoms with van der Waals surface area (Å²) in [4.78, 5) is 20.1. The molecule has 4 rings (SSSR count). The van der Waals surface area contributed by atoms with E-state index in [1.54, 1.807) is 0 Å². The minimum Gasteiger partial charge on any atom is -0.464 e. The molecule has 1 aliphatic carbocycles. The molecule has 1 aromatic rings. The normalized spacial score (nSPS) is 26.0. The van der Waals surface area contributed by atoms with E-state index in [9.17, 15) is 4.79 Å². The third kappa shape index (κ3) is 7.67. The van der Waals surface area contributed by atoms with Crippen LogP contribution in [0.4, 0.5) is 0 Å². The van der Waals surface area contributed by atoms with E-state index >= 15 is 0 Å². The lowest BCUT2D eigenvalue weighted by Gasteiger charge is -2.43. The molecule has 1 aromatic carbocycles. The number of piperidine rings is 1. The van der Waals surface area contributed by atoms with E-state index in [1.165, 1.54) is 36.0 Å². The number of halogens is 1. The van der Waals surface area contributed by atoms with Gasteiger partial charge in [-0.1, -0.05) is 50.5 Å². The number of nitrogens with zero attached hydrogens (tertiary/aromatic N) is 3. The summed E-state index contributed by atoms with van der Waals surface area (Å²) in [7, 11) is 0. The van der Waals surface area contributed by atoms with Crippen molar-refractivity contribution in [2.45, 2.75) is 78.8 Å². The van der Waals surface area contributed by atoms with Gasteiger partial charge in [0.15, 0.2) is 0 Å². The first kappa shape index (κ1) is 27.8. The number of fused-ring (bicyclic) bond motifs is 1. The Morgan fingerprint density at radius 1 is 1.17 bits per heavy atom. The van der Waals surface area contributed by atoms with Gasteiger partial charge in [0.05, 0.1) is 13.2 Å². The minimum absolute atomic E-state index is 0.0387. The van der Waals surface area contributed by atoms with Gasteiger partial charge in [-0.3, -0.25) is 14.7 Å². The van der Waals surface area contributed by atoms with Gasteiger partial charge < -0.3 is 10.1 Å². The standard InChI is InChI=1S/C29H45IN4O2/c1-5-22(6-2)18-36-29(35)27-13-25-12-23(9-10-24(25)14-31-27)15-34(17-28-32-19-30-33-28)16-26-11-20(3)7-8-21(26)4/h7-8,11,22-25,27,31H,5-6,9-10,12-19H2,1-4H3/t23-,24-,25+,27-/m0/s1. The van der Waals surface area contributed by atoms with Crippen LogP contribution in [0.1, 0.15) is 69.1 Å². The van der Waals surface area contributed by atoms with Crippen molar-refractivity contribution in [2.24, 2.45) is 31.8 Å². The quantitative estimate of drug-likeness (QED) is 0.145. The fraction of sp³-hybridized carbons (Fsp3) is 0.724. The number of nitrogens with one attached hydrogen (secondary N) is 1. The van der Waals surface area contributed by atoms with Crippen molar-refractivity contribution in [1.82, 2.24) is 10.2 Å². The number of hydrogen-bond acceptors (Lipinski definition) is 6. The Morgan fingerprint density at radius 2 is 2.00 bits per heavy atom. The van der Waals surface area contributed by atoms with Crippen molar-refractivity contribution in [3.8, 4) is 0 Å². The van der Waals surface area contributed by atoms with Gasteiger partial charge in [0.25, 0.3) is 0 Å². The number of esters is 1. The average molecular weight is 609 g/mol. The van der Waals surface area contributed by atoms with Gasteiger partial charge in [-0.15, -0.1) is 0 Å². The summed E-state index contributed by atoms with van der Waals surface area (Å²) in [6.45, 7) is 13.2. The second kappa shape index (κ2) is 13.6. The Bertz CT molecular complexity index is 945. The lowest BCUT2D eigenvalue weighted by Crippen LogP contribution is -2.51. The first-order chi connectivity index (χ1) is 17.4. The molecule has 0 unspecified atom stereocenters. The molecule has 0 bridgehead atoms. The zero-order valence-electron chi connectivity index (χ0n) is 22.6. The van der Waals surface area contributed by atoms with E-state index < -0.39 is 0 Å². The maximum atomic E-state index is 12.8. The van der Waals surface area contributed by atoms with Gasteiger partial charge in [-0.2, -0.15) is 0 Å². The molecule has 0 spiro atoms. The molecule has 1 N–H and O–H groups in total. The highest BCUT2D eigenvalue weighted by atomic mass is 127. The molecule has 7 heteroatoms. The molecule has 2 fully saturated rings. The first-order valence-corrected chi connectivity index (χ1v) is 16.5. The number of carbonyl (C=O) groups is 1. The Balaban J connectivity index is 1.36. The van der Waals surface area contributed by atoms with Crippen molar-refractivity contribution in [3.05, 3.63) is 34.9 Å². The van der Waals surface area contributed by atoms with Crippen molar-refractivity contribution >= 4 is 32.8 Å². The van der Waals surface area contributed by atoms with Crippen LogP contribution >= 0.6 is 21.0 Å². The molecule has 3 aliphatic rings. The Morgan fingerprint density at radius 3 is 2.75 bits per heavy atom. The largest absolute Gasteiger partial charge is 0.464 e. The molecule has 1 saturated carbocycles. The van der Waals surface area contributed by atoms with Gasteiger partial charge >= 0.3 is 5.97 Å². The van der Waals surface area contributed by atoms with E-state index in [-0.39, 0.29) is 33.0 Å². The van der Waals surface area contributed by atoms with E-state index in [2.05, 4.69) is 61.1 Å². The highest BCUT2D eigenvalue weighted by Gasteiger charge is 2.38. The smallest absolute Gasteiger partial charge is 0.323 e. The zero-order valence-corrected chi connectivity index (χ0v) is 24.8. The Labute approximate surface area is 228 Å². The highest BCUT2D eigenvalue weighted by molar-refractivity contribution is 14.2. The maximum Gasteiger partial charge on any atom is 0.323 e. The monoisotopic (exact) mass is 608 g/mol. The fourth-order valence-corrected chi connectivity index (χ4v) is 7.49. The summed E-state index contributed by atoms with van der Waals surface area (Å²) >= 11 is -0.112. The lowest BCUT2D eigenvalue weighted by atomic mass is 9.69.